The van der Waals surface area contributed by atoms with Crippen LogP contribution in [0.15, 0.2) is 11.0 Å². The van der Waals surface area contributed by atoms with Crippen LogP contribution in [0.2, 0.25) is 0 Å². The third-order valence-corrected chi connectivity index (χ3v) is 13.6. The van der Waals surface area contributed by atoms with Crippen LogP contribution in [0, 0.1) is 11.8 Å². The van der Waals surface area contributed by atoms with Crippen LogP contribution in [0.3, 0.4) is 0 Å². The fraction of sp³-hybridized carbons (Fsp3) is 0.679. The second-order valence-corrected chi connectivity index (χ2v) is 18.2. The van der Waals surface area contributed by atoms with E-state index in [1.54, 1.807) is 0 Å². The number of rotatable bonds is 20. The Morgan fingerprint density at radius 3 is 2.46 bits per heavy atom. The molecule has 4 amide bonds. The molecule has 0 radical (unpaired) electrons. The molecule has 3 aliphatic rings. The van der Waals surface area contributed by atoms with E-state index in [4.69, 9.17) is 20.3 Å². The van der Waals surface area contributed by atoms with Gasteiger partial charge in [-0.15, -0.1) is 0 Å². The maximum atomic E-state index is 12.5. The van der Waals surface area contributed by atoms with Crippen molar-refractivity contribution in [2.24, 2.45) is 0 Å². The SMILES string of the molecule is Nc1nc(=O)n([C@H]2CC[C@@H](COP(=O)(O)OP(=O)(O)OP(=O)(O)O)O2)cc1C#CCNC(=O)CCCCCNC(=O)CCCC[C@@H]1SC[C@@H]2NC(=O)N[C@@H]21. The predicted octanol–water partition coefficient (Wildman–Crippen LogP) is 0.717. The summed E-state index contributed by atoms with van der Waals surface area (Å²) < 4.78 is 52.9. The second-order valence-electron chi connectivity index (χ2n) is 12.5. The van der Waals surface area contributed by atoms with Crippen LogP contribution in [-0.4, -0.2) is 95.9 Å². The molecule has 22 nitrogen and oxygen atoms in total. The number of carbonyl (C=O) groups excluding carboxylic acids is 3. The summed E-state index contributed by atoms with van der Waals surface area (Å²) in [5, 5.41) is 11.9. The number of phosphoric ester groups is 1. The molecule has 7 atom stereocenters. The number of aromatic nitrogens is 2. The number of urea groups is 1. The van der Waals surface area contributed by atoms with Crippen LogP contribution in [-0.2, 0) is 41.2 Å². The van der Waals surface area contributed by atoms with Crippen molar-refractivity contribution >= 4 is 58.9 Å². The van der Waals surface area contributed by atoms with Gasteiger partial charge in [0.05, 0.1) is 36.9 Å². The van der Waals surface area contributed by atoms with Crippen LogP contribution in [0.4, 0.5) is 10.6 Å². The molecule has 3 aliphatic heterocycles. The summed E-state index contributed by atoms with van der Waals surface area (Å²) in [5.74, 6) is 6.00. The first-order chi connectivity index (χ1) is 25.4. The van der Waals surface area contributed by atoms with E-state index in [9.17, 15) is 42.7 Å². The molecule has 26 heteroatoms. The number of phosphoric acid groups is 3. The van der Waals surface area contributed by atoms with Crippen LogP contribution in [0.5, 0.6) is 0 Å². The van der Waals surface area contributed by atoms with Crippen molar-refractivity contribution in [2.75, 3.05) is 31.2 Å². The lowest BCUT2D eigenvalue weighted by molar-refractivity contribution is -0.122. The Balaban J connectivity index is 1.08. The highest BCUT2D eigenvalue weighted by molar-refractivity contribution is 8.00. The molecule has 3 fully saturated rings. The molecule has 0 spiro atoms. The highest BCUT2D eigenvalue weighted by Crippen LogP contribution is 2.66. The zero-order chi connectivity index (χ0) is 39.5. The summed E-state index contributed by atoms with van der Waals surface area (Å²) in [5.41, 5.74) is 5.23. The van der Waals surface area contributed by atoms with Crippen molar-refractivity contribution in [3.8, 4) is 11.8 Å². The average Bonchev–Trinajstić information content (AvgIpc) is 3.78. The fourth-order valence-corrected chi connectivity index (χ4v) is 10.4. The van der Waals surface area contributed by atoms with E-state index in [0.717, 1.165) is 42.4 Å². The lowest BCUT2D eigenvalue weighted by Gasteiger charge is -2.19. The molecule has 0 aliphatic carbocycles. The number of ether oxygens (including phenoxy) is 1. The molecule has 1 aromatic heterocycles. The number of amides is 4. The summed E-state index contributed by atoms with van der Waals surface area (Å²) in [6.07, 6.45) is 5.30. The first kappa shape index (κ1) is 43.9. The Labute approximate surface area is 313 Å². The van der Waals surface area contributed by atoms with Crippen molar-refractivity contribution < 1.29 is 65.5 Å². The van der Waals surface area contributed by atoms with Gasteiger partial charge in [0, 0.05) is 36.6 Å². The molecule has 0 saturated carbocycles. The number of nitrogens with zero attached hydrogens (tertiary/aromatic N) is 2. The zero-order valence-corrected chi connectivity index (χ0v) is 32.4. The van der Waals surface area contributed by atoms with Gasteiger partial charge in [-0.2, -0.15) is 25.4 Å². The smallest absolute Gasteiger partial charge is 0.382 e. The number of fused-ring (bicyclic) bond motifs is 1. The Hall–Kier alpha value is -2.83. The second kappa shape index (κ2) is 19.9. The topological polar surface area (TPSA) is 329 Å². The van der Waals surface area contributed by atoms with E-state index in [0.29, 0.717) is 24.6 Å². The van der Waals surface area contributed by atoms with Crippen LogP contribution < -0.4 is 32.7 Å². The average molecular weight is 844 g/mol. The number of thioether (sulfide) groups is 1. The van der Waals surface area contributed by atoms with E-state index in [2.05, 4.69) is 51.2 Å². The third-order valence-electron chi connectivity index (χ3n) is 8.30. The molecule has 2 unspecified atom stereocenters. The molecule has 3 saturated heterocycles. The number of carbonyl (C=O) groups is 3. The summed E-state index contributed by atoms with van der Waals surface area (Å²) >= 11 is 1.86. The highest BCUT2D eigenvalue weighted by Gasteiger charge is 2.43. The number of hydrogen-bond acceptors (Lipinski definition) is 14. The van der Waals surface area contributed by atoms with Gasteiger partial charge >= 0.3 is 35.2 Å². The molecule has 302 valence electrons. The van der Waals surface area contributed by atoms with Gasteiger partial charge in [-0.25, -0.2) is 23.3 Å². The van der Waals surface area contributed by atoms with Gasteiger partial charge in [-0.05, 0) is 38.5 Å². The van der Waals surface area contributed by atoms with E-state index in [-0.39, 0.29) is 67.1 Å². The van der Waals surface area contributed by atoms with E-state index in [1.807, 2.05) is 11.8 Å². The number of nitrogens with two attached hydrogens (primary N) is 1. The molecule has 0 bridgehead atoms. The lowest BCUT2D eigenvalue weighted by Crippen LogP contribution is -2.36. The number of nitrogens with one attached hydrogen (secondary N) is 4. The summed E-state index contributed by atoms with van der Waals surface area (Å²) in [7, 11) is -16.6. The van der Waals surface area contributed by atoms with Crippen molar-refractivity contribution in [3.63, 3.8) is 0 Å². The van der Waals surface area contributed by atoms with E-state index in [1.165, 1.54) is 6.20 Å². The number of nitrogen functional groups attached to an aromatic ring is 1. The Bertz CT molecular complexity index is 1790. The fourth-order valence-electron chi connectivity index (χ4n) is 5.83. The molecule has 4 heterocycles. The Morgan fingerprint density at radius 2 is 1.72 bits per heavy atom. The van der Waals surface area contributed by atoms with Crippen LogP contribution >= 0.6 is 35.2 Å². The minimum atomic E-state index is -5.67. The van der Waals surface area contributed by atoms with Gasteiger partial charge < -0.3 is 51.3 Å². The Kier molecular flexibility index (Phi) is 16.1. The predicted molar refractivity (Wildman–Crippen MR) is 191 cm³/mol. The van der Waals surface area contributed by atoms with Crippen LogP contribution in [0.25, 0.3) is 0 Å². The molecule has 1 aromatic rings. The van der Waals surface area contributed by atoms with Crippen LogP contribution in [0.1, 0.15) is 76.0 Å². The lowest BCUT2D eigenvalue weighted by atomic mass is 10.0. The Morgan fingerprint density at radius 1 is 1.00 bits per heavy atom. The molecular weight excluding hydrogens is 799 g/mol. The van der Waals surface area contributed by atoms with Crippen molar-refractivity contribution in [1.82, 2.24) is 30.8 Å². The summed E-state index contributed by atoms with van der Waals surface area (Å²) in [6, 6.07) is 0.262. The zero-order valence-electron chi connectivity index (χ0n) is 28.9. The van der Waals surface area contributed by atoms with Gasteiger partial charge in [-0.3, -0.25) is 18.7 Å². The molecule has 0 aromatic carbocycles. The van der Waals surface area contributed by atoms with Crippen molar-refractivity contribution in [3.05, 3.63) is 22.2 Å². The number of hydrogen-bond donors (Lipinski definition) is 9. The van der Waals surface area contributed by atoms with Gasteiger partial charge in [0.1, 0.15) is 12.0 Å². The minimum absolute atomic E-state index is 0.00186. The van der Waals surface area contributed by atoms with Gasteiger partial charge in [0.15, 0.2) is 0 Å². The maximum Gasteiger partial charge on any atom is 0.490 e. The summed E-state index contributed by atoms with van der Waals surface area (Å²) in [6.45, 7) is -0.162. The monoisotopic (exact) mass is 843 g/mol. The maximum absolute atomic E-state index is 12.5. The van der Waals surface area contributed by atoms with E-state index < -0.39 is 48.1 Å². The largest absolute Gasteiger partial charge is 0.490 e. The molecular formula is C28H44N7O15P3S. The van der Waals surface area contributed by atoms with E-state index >= 15 is 0 Å². The highest BCUT2D eigenvalue weighted by atomic mass is 32.2. The van der Waals surface area contributed by atoms with Crippen molar-refractivity contribution in [1.29, 1.82) is 0 Å². The normalized spacial score (nSPS) is 24.3. The molecule has 10 N–H and O–H groups in total. The minimum Gasteiger partial charge on any atom is -0.382 e. The standard InChI is InChI=1S/C28H44N7O15P3S/c29-26-18(15-35(28(39)34-26)24-12-11-19(48-24)16-47-52(43,44)50-53(45,46)49-51(40,41)42)7-6-14-31-22(36)9-2-1-5-13-30-23(37)10-4-3-8-21-25-20(17-54-21)32-27(38)33-25/h15,19-21,24-25H,1-5,8-14,16-17H2,(H,30,37)(H,31,36)(H,43,44)(H,45,46)(H2,29,34,39)(H2,32,33,38)(H2,40,41,42)/t19-,20-,21-,24+,25-/m0/s1. The van der Waals surface area contributed by atoms with Gasteiger partial charge in [0.25, 0.3) is 0 Å². The number of unbranched alkanes of at least 4 members (excludes halogenated alkanes) is 3. The van der Waals surface area contributed by atoms with Gasteiger partial charge in [-0.1, -0.05) is 24.7 Å². The summed E-state index contributed by atoms with van der Waals surface area (Å²) in [4.78, 5) is 88.3. The van der Waals surface area contributed by atoms with Crippen molar-refractivity contribution in [2.45, 2.75) is 93.9 Å². The van der Waals surface area contributed by atoms with Gasteiger partial charge in [0.2, 0.25) is 11.8 Å². The molecule has 4 rings (SSSR count). The first-order valence-corrected chi connectivity index (χ1v) is 22.5. The quantitative estimate of drug-likeness (QED) is 0.0378. The number of anilines is 1. The third kappa shape index (κ3) is 14.7. The molecule has 54 heavy (non-hydrogen) atoms. The first-order valence-electron chi connectivity index (χ1n) is 16.9.